The summed E-state index contributed by atoms with van der Waals surface area (Å²) in [5, 5.41) is 6.50. The lowest BCUT2D eigenvalue weighted by Gasteiger charge is -2.36. The van der Waals surface area contributed by atoms with Crippen molar-refractivity contribution in [3.63, 3.8) is 0 Å². The summed E-state index contributed by atoms with van der Waals surface area (Å²) in [4.78, 5) is 13.7. The summed E-state index contributed by atoms with van der Waals surface area (Å²) < 4.78 is 31.9. The molecule has 1 N–H and O–H groups in total. The van der Waals surface area contributed by atoms with Crippen LogP contribution in [-0.2, 0) is 14.6 Å². The van der Waals surface area contributed by atoms with Crippen molar-refractivity contribution in [2.24, 2.45) is 0 Å². The van der Waals surface area contributed by atoms with Crippen molar-refractivity contribution in [1.29, 1.82) is 0 Å². The number of carbonyl (C=O) groups is 1. The molecule has 0 spiro atoms. The largest absolute Gasteiger partial charge is 0.593 e. The van der Waals surface area contributed by atoms with Crippen LogP contribution in [0.2, 0.25) is 0 Å². The molecule has 2 saturated heterocycles. The smallest absolute Gasteiger partial charge is 0.317 e. The first kappa shape index (κ1) is 15.4. The highest BCUT2D eigenvalue weighted by Crippen LogP contribution is 2.31. The minimum Gasteiger partial charge on any atom is -0.593 e. The molecule has 0 saturated carbocycles. The van der Waals surface area contributed by atoms with Gasteiger partial charge in [0.15, 0.2) is 16.2 Å². The fourth-order valence-corrected chi connectivity index (χ4v) is 4.96. The van der Waals surface area contributed by atoms with Gasteiger partial charge in [0.2, 0.25) is 4.90 Å². The van der Waals surface area contributed by atoms with E-state index in [1.54, 1.807) is 18.7 Å². The Kier molecular flexibility index (Phi) is 3.96. The van der Waals surface area contributed by atoms with Gasteiger partial charge in [0, 0.05) is 39.1 Å². The van der Waals surface area contributed by atoms with Gasteiger partial charge in [-0.3, -0.25) is 0 Å². The van der Waals surface area contributed by atoms with E-state index in [2.05, 4.69) is 10.5 Å². The minimum atomic E-state index is -3.58. The second-order valence-electron chi connectivity index (χ2n) is 5.71. The van der Waals surface area contributed by atoms with E-state index in [0.717, 1.165) is 0 Å². The molecule has 0 bridgehead atoms. The Balaban J connectivity index is 1.71. The van der Waals surface area contributed by atoms with Crippen molar-refractivity contribution in [2.45, 2.75) is 37.6 Å². The molecule has 0 aliphatic carbocycles. The van der Waals surface area contributed by atoms with E-state index < -0.39 is 10.4 Å². The number of hydrogen-bond acceptors (Lipinski definition) is 5. The van der Waals surface area contributed by atoms with Crippen LogP contribution in [0.5, 0.6) is 0 Å². The number of nitrogens with one attached hydrogen (secondary N) is 1. The maximum atomic E-state index is 12.7. The van der Waals surface area contributed by atoms with Gasteiger partial charge in [-0.25, -0.2) is 4.79 Å². The second-order valence-corrected chi connectivity index (χ2v) is 7.59. The summed E-state index contributed by atoms with van der Waals surface area (Å²) >= 11 is 0. The molecule has 1 aromatic rings. The highest BCUT2D eigenvalue weighted by Gasteiger charge is 2.40. The van der Waals surface area contributed by atoms with Crippen LogP contribution in [0, 0.1) is 13.8 Å². The SMILES string of the molecule is Cc1noc(C)c1[S+](=O)([O-])N1CCC(N2CCNC2=O)CC1. The van der Waals surface area contributed by atoms with E-state index in [9.17, 15) is 13.6 Å². The number of aromatic nitrogens is 1. The van der Waals surface area contributed by atoms with Gasteiger partial charge in [0.25, 0.3) is 0 Å². The standard InChI is InChI=1S/C13H20N4O4S/c1-9-12(10(2)21-15-9)22(19,20)16-6-3-11(4-7-16)17-8-5-14-13(17)18/h11H,3-8H2,1-2H3,(H-,14,18,19,20). The third-order valence-corrected chi connectivity index (χ3v) is 6.46. The maximum absolute atomic E-state index is 12.7. The van der Waals surface area contributed by atoms with Gasteiger partial charge in [-0.05, 0) is 19.8 Å². The molecule has 9 heteroatoms. The first-order valence-corrected chi connectivity index (χ1v) is 8.83. The number of piperidine rings is 1. The van der Waals surface area contributed by atoms with E-state index in [4.69, 9.17) is 4.52 Å². The fourth-order valence-electron chi connectivity index (χ4n) is 3.20. The third-order valence-electron chi connectivity index (χ3n) is 4.32. The lowest BCUT2D eigenvalue weighted by atomic mass is 10.1. The van der Waals surface area contributed by atoms with E-state index in [1.165, 1.54) is 4.31 Å². The number of nitrogens with zero attached hydrogens (tertiary/aromatic N) is 3. The molecule has 22 heavy (non-hydrogen) atoms. The molecule has 3 heterocycles. The van der Waals surface area contributed by atoms with Crippen LogP contribution < -0.4 is 5.32 Å². The van der Waals surface area contributed by atoms with Gasteiger partial charge in [0.1, 0.15) is 5.69 Å². The Morgan fingerprint density at radius 2 is 2.00 bits per heavy atom. The number of carbonyl (C=O) groups excluding carboxylic acids is 1. The van der Waals surface area contributed by atoms with Gasteiger partial charge in [-0.2, -0.15) is 0 Å². The number of rotatable bonds is 3. The zero-order valence-electron chi connectivity index (χ0n) is 12.7. The quantitative estimate of drug-likeness (QED) is 0.822. The summed E-state index contributed by atoms with van der Waals surface area (Å²) in [6.45, 7) is 5.40. The molecule has 2 amide bonds. The summed E-state index contributed by atoms with van der Waals surface area (Å²) in [5.74, 6) is 0.318. The molecule has 0 aromatic carbocycles. The number of amides is 2. The summed E-state index contributed by atoms with van der Waals surface area (Å²) in [5.41, 5.74) is 0.388. The number of urea groups is 1. The van der Waals surface area contributed by atoms with E-state index in [1.807, 2.05) is 0 Å². The van der Waals surface area contributed by atoms with Crippen molar-refractivity contribution in [1.82, 2.24) is 19.7 Å². The first-order valence-electron chi connectivity index (χ1n) is 7.38. The Morgan fingerprint density at radius 1 is 1.32 bits per heavy atom. The Morgan fingerprint density at radius 3 is 2.50 bits per heavy atom. The van der Waals surface area contributed by atoms with E-state index >= 15 is 0 Å². The number of aryl methyl sites for hydroxylation is 2. The molecule has 2 aliphatic rings. The van der Waals surface area contributed by atoms with Gasteiger partial charge < -0.3 is 19.3 Å². The van der Waals surface area contributed by atoms with Gasteiger partial charge in [0.05, 0.1) is 0 Å². The number of sulfonamides is 1. The molecule has 122 valence electrons. The van der Waals surface area contributed by atoms with Crippen molar-refractivity contribution >= 4 is 16.4 Å². The highest BCUT2D eigenvalue weighted by atomic mass is 32.3. The van der Waals surface area contributed by atoms with Crippen LogP contribution >= 0.6 is 0 Å². The van der Waals surface area contributed by atoms with E-state index in [-0.39, 0.29) is 17.0 Å². The average Bonchev–Trinajstić information content (AvgIpc) is 3.05. The zero-order chi connectivity index (χ0) is 15.9. The molecule has 8 nitrogen and oxygen atoms in total. The monoisotopic (exact) mass is 328 g/mol. The molecular weight excluding hydrogens is 308 g/mol. The molecule has 1 unspecified atom stereocenters. The zero-order valence-corrected chi connectivity index (χ0v) is 13.5. The van der Waals surface area contributed by atoms with Crippen LogP contribution in [0.15, 0.2) is 9.42 Å². The Labute approximate surface area is 130 Å². The molecule has 3 rings (SSSR count). The normalized spacial score (nSPS) is 23.6. The lowest BCUT2D eigenvalue weighted by molar-refractivity contribution is 0.164. The molecule has 2 aliphatic heterocycles. The minimum absolute atomic E-state index is 0.0490. The topological polar surface area (TPSA) is 102 Å². The van der Waals surface area contributed by atoms with Gasteiger partial charge in [-0.15, -0.1) is 4.31 Å². The van der Waals surface area contributed by atoms with Gasteiger partial charge in [-0.1, -0.05) is 9.37 Å². The van der Waals surface area contributed by atoms with Crippen molar-refractivity contribution in [3.8, 4) is 0 Å². The first-order chi connectivity index (χ1) is 10.4. The van der Waals surface area contributed by atoms with Gasteiger partial charge >= 0.3 is 6.03 Å². The van der Waals surface area contributed by atoms with Crippen molar-refractivity contribution in [3.05, 3.63) is 11.5 Å². The van der Waals surface area contributed by atoms with Crippen molar-refractivity contribution in [2.75, 3.05) is 26.2 Å². The molecular formula is C13H20N4O4S. The number of hydrogen-bond donors (Lipinski definition) is 1. The third kappa shape index (κ3) is 2.53. The average molecular weight is 328 g/mol. The molecule has 1 aromatic heterocycles. The van der Waals surface area contributed by atoms with Crippen LogP contribution in [0.25, 0.3) is 0 Å². The molecule has 0 radical (unpaired) electrons. The fraction of sp³-hybridized carbons (Fsp3) is 0.692. The van der Waals surface area contributed by atoms with Crippen LogP contribution in [0.1, 0.15) is 24.3 Å². The lowest BCUT2D eigenvalue weighted by Crippen LogP contribution is -2.49. The van der Waals surface area contributed by atoms with Crippen molar-refractivity contribution < 1.29 is 18.1 Å². The molecule has 1 atom stereocenters. The Bertz CT molecular complexity index is 604. The summed E-state index contributed by atoms with van der Waals surface area (Å²) in [7, 11) is -3.58. The Hall–Kier alpha value is -1.45. The maximum Gasteiger partial charge on any atom is 0.317 e. The molecule has 2 fully saturated rings. The second kappa shape index (κ2) is 5.64. The van der Waals surface area contributed by atoms with E-state index in [0.29, 0.717) is 50.5 Å². The van der Waals surface area contributed by atoms with Crippen LogP contribution in [0.3, 0.4) is 0 Å². The summed E-state index contributed by atoms with van der Waals surface area (Å²) in [6.07, 6.45) is 1.30. The predicted molar refractivity (Wildman–Crippen MR) is 77.8 cm³/mol. The summed E-state index contributed by atoms with van der Waals surface area (Å²) in [6, 6.07) is 0.0608. The van der Waals surface area contributed by atoms with Crippen LogP contribution in [-0.4, -0.2) is 57.2 Å². The predicted octanol–water partition coefficient (Wildman–Crippen LogP) is 0.685. The van der Waals surface area contributed by atoms with Crippen LogP contribution in [0.4, 0.5) is 4.79 Å². The highest BCUT2D eigenvalue weighted by molar-refractivity contribution is 7.95.